The maximum Gasteiger partial charge on any atom is 0.266 e. The molecule has 5 nitrogen and oxygen atoms in total. The van der Waals surface area contributed by atoms with E-state index in [1.807, 2.05) is 32.9 Å². The summed E-state index contributed by atoms with van der Waals surface area (Å²) in [4.78, 5) is 26.4. The number of aryl methyl sites for hydroxylation is 3. The number of fused-ring (bicyclic) bond motifs is 1. The van der Waals surface area contributed by atoms with Crippen molar-refractivity contribution in [3.63, 3.8) is 0 Å². The largest absolute Gasteiger partial charge is 0.356 e. The highest BCUT2D eigenvalue weighted by atomic mass is 32.1. The molecule has 1 aliphatic heterocycles. The fraction of sp³-hybridized carbons (Fsp3) is 0.409. The SMILES string of the molecule is Cc1nc(N2CCCCC2)c2c(C)c(C(=O)Nc3cccc(C)c3C)sc2n1. The first-order valence-electron chi connectivity index (χ1n) is 9.86. The molecule has 0 bridgehead atoms. The van der Waals surface area contributed by atoms with Crippen LogP contribution in [0.5, 0.6) is 0 Å². The molecule has 0 unspecified atom stereocenters. The standard InChI is InChI=1S/C22H26N4OS/c1-13-9-8-10-17(14(13)2)25-21(27)19-15(3)18-20(26-11-6-5-7-12-26)23-16(4)24-22(18)28-19/h8-10H,5-7,11-12H2,1-4H3,(H,25,27). The van der Waals surface area contributed by atoms with Crippen LogP contribution in [-0.2, 0) is 0 Å². The molecule has 6 heteroatoms. The first-order valence-corrected chi connectivity index (χ1v) is 10.7. The highest BCUT2D eigenvalue weighted by Gasteiger charge is 2.24. The van der Waals surface area contributed by atoms with E-state index in [9.17, 15) is 4.79 Å². The van der Waals surface area contributed by atoms with Crippen molar-refractivity contribution in [1.29, 1.82) is 0 Å². The van der Waals surface area contributed by atoms with Gasteiger partial charge in [-0.3, -0.25) is 4.79 Å². The van der Waals surface area contributed by atoms with E-state index in [-0.39, 0.29) is 5.91 Å². The number of amides is 1. The van der Waals surface area contributed by atoms with Gasteiger partial charge in [-0.25, -0.2) is 9.97 Å². The molecule has 1 aliphatic rings. The molecule has 0 atom stereocenters. The third kappa shape index (κ3) is 3.37. The second-order valence-corrected chi connectivity index (χ2v) is 8.58. The van der Waals surface area contributed by atoms with Crippen molar-refractivity contribution < 1.29 is 4.79 Å². The number of carbonyl (C=O) groups is 1. The summed E-state index contributed by atoms with van der Waals surface area (Å²) >= 11 is 1.46. The van der Waals surface area contributed by atoms with Gasteiger partial charge < -0.3 is 10.2 Å². The van der Waals surface area contributed by atoms with Crippen molar-refractivity contribution in [2.24, 2.45) is 0 Å². The summed E-state index contributed by atoms with van der Waals surface area (Å²) in [7, 11) is 0. The van der Waals surface area contributed by atoms with Crippen LogP contribution in [0.25, 0.3) is 10.2 Å². The maximum atomic E-state index is 13.1. The molecule has 0 saturated carbocycles. The van der Waals surface area contributed by atoms with Gasteiger partial charge in [0.2, 0.25) is 0 Å². The Bertz CT molecular complexity index is 1050. The zero-order valence-electron chi connectivity index (χ0n) is 16.9. The molecule has 3 heterocycles. The van der Waals surface area contributed by atoms with Crippen LogP contribution in [0.15, 0.2) is 18.2 Å². The number of carbonyl (C=O) groups excluding carboxylic acids is 1. The van der Waals surface area contributed by atoms with Gasteiger partial charge in [0.15, 0.2) is 0 Å². The molecular formula is C22H26N4OS. The van der Waals surface area contributed by atoms with E-state index < -0.39 is 0 Å². The number of anilines is 2. The van der Waals surface area contributed by atoms with Crippen molar-refractivity contribution >= 4 is 39.0 Å². The lowest BCUT2D eigenvalue weighted by Crippen LogP contribution is -2.30. The smallest absolute Gasteiger partial charge is 0.266 e. The summed E-state index contributed by atoms with van der Waals surface area (Å²) in [6.45, 7) is 10.1. The number of aromatic nitrogens is 2. The Labute approximate surface area is 169 Å². The molecule has 4 rings (SSSR count). The van der Waals surface area contributed by atoms with Gasteiger partial charge in [0, 0.05) is 18.8 Å². The second kappa shape index (κ2) is 7.51. The number of hydrogen-bond donors (Lipinski definition) is 1. The van der Waals surface area contributed by atoms with E-state index in [4.69, 9.17) is 4.98 Å². The average molecular weight is 395 g/mol. The first-order chi connectivity index (χ1) is 13.5. The molecule has 1 N–H and O–H groups in total. The Kier molecular flexibility index (Phi) is 5.06. The van der Waals surface area contributed by atoms with E-state index in [1.54, 1.807) is 0 Å². The molecule has 146 valence electrons. The van der Waals surface area contributed by atoms with Gasteiger partial charge >= 0.3 is 0 Å². The highest BCUT2D eigenvalue weighted by Crippen LogP contribution is 2.36. The molecular weight excluding hydrogens is 368 g/mol. The van der Waals surface area contributed by atoms with E-state index in [0.717, 1.165) is 51.8 Å². The van der Waals surface area contributed by atoms with Gasteiger partial charge in [0.1, 0.15) is 16.5 Å². The fourth-order valence-corrected chi connectivity index (χ4v) is 4.95. The molecule has 2 aromatic heterocycles. The summed E-state index contributed by atoms with van der Waals surface area (Å²) in [5.74, 6) is 1.67. The van der Waals surface area contributed by atoms with Crippen LogP contribution in [0, 0.1) is 27.7 Å². The minimum absolute atomic E-state index is 0.0727. The number of hydrogen-bond acceptors (Lipinski definition) is 5. The normalized spacial score (nSPS) is 14.5. The number of benzene rings is 1. The topological polar surface area (TPSA) is 58.1 Å². The number of nitrogens with one attached hydrogen (secondary N) is 1. The van der Waals surface area contributed by atoms with Crippen LogP contribution in [-0.4, -0.2) is 29.0 Å². The van der Waals surface area contributed by atoms with Gasteiger partial charge in [0.25, 0.3) is 5.91 Å². The molecule has 28 heavy (non-hydrogen) atoms. The third-order valence-corrected chi connectivity index (χ3v) is 6.78. The molecule has 0 aliphatic carbocycles. The van der Waals surface area contributed by atoms with E-state index in [0.29, 0.717) is 4.88 Å². The van der Waals surface area contributed by atoms with E-state index in [2.05, 4.69) is 28.2 Å². The summed E-state index contributed by atoms with van der Waals surface area (Å²) in [5, 5.41) is 4.12. The molecule has 1 fully saturated rings. The Morgan fingerprint density at radius 2 is 1.79 bits per heavy atom. The molecule has 0 spiro atoms. The lowest BCUT2D eigenvalue weighted by molar-refractivity contribution is 0.103. The van der Waals surface area contributed by atoms with Crippen LogP contribution in [0.2, 0.25) is 0 Å². The number of thiophene rings is 1. The monoisotopic (exact) mass is 394 g/mol. The van der Waals surface area contributed by atoms with Gasteiger partial charge in [-0.2, -0.15) is 0 Å². The molecule has 3 aromatic rings. The average Bonchev–Trinajstić information content (AvgIpc) is 3.02. The molecule has 1 saturated heterocycles. The minimum atomic E-state index is -0.0727. The third-order valence-electron chi connectivity index (χ3n) is 5.60. The molecule has 1 amide bonds. The summed E-state index contributed by atoms with van der Waals surface area (Å²) in [5.41, 5.74) is 4.10. The lowest BCUT2D eigenvalue weighted by atomic mass is 10.1. The van der Waals surface area contributed by atoms with Crippen LogP contribution in [0.4, 0.5) is 11.5 Å². The van der Waals surface area contributed by atoms with Crippen LogP contribution in [0.3, 0.4) is 0 Å². The van der Waals surface area contributed by atoms with Crippen molar-refractivity contribution in [2.45, 2.75) is 47.0 Å². The van der Waals surface area contributed by atoms with Crippen molar-refractivity contribution in [1.82, 2.24) is 9.97 Å². The van der Waals surface area contributed by atoms with Crippen molar-refractivity contribution in [2.75, 3.05) is 23.3 Å². The van der Waals surface area contributed by atoms with Gasteiger partial charge in [-0.05, 0) is 69.7 Å². The summed E-state index contributed by atoms with van der Waals surface area (Å²) in [6, 6.07) is 5.98. The summed E-state index contributed by atoms with van der Waals surface area (Å²) in [6.07, 6.45) is 3.65. The predicted octanol–water partition coefficient (Wildman–Crippen LogP) is 5.17. The fourth-order valence-electron chi connectivity index (χ4n) is 3.84. The van der Waals surface area contributed by atoms with Crippen LogP contribution >= 0.6 is 11.3 Å². The van der Waals surface area contributed by atoms with Gasteiger partial charge in [0.05, 0.1) is 10.3 Å². The zero-order chi connectivity index (χ0) is 19.8. The first kappa shape index (κ1) is 18.9. The van der Waals surface area contributed by atoms with Crippen molar-refractivity contribution in [3.05, 3.63) is 45.6 Å². The maximum absolute atomic E-state index is 13.1. The Balaban J connectivity index is 1.75. The van der Waals surface area contributed by atoms with Crippen molar-refractivity contribution in [3.8, 4) is 0 Å². The van der Waals surface area contributed by atoms with E-state index >= 15 is 0 Å². The number of piperidine rings is 1. The van der Waals surface area contributed by atoms with Gasteiger partial charge in [-0.1, -0.05) is 12.1 Å². The number of nitrogens with zero attached hydrogens (tertiary/aromatic N) is 3. The Morgan fingerprint density at radius 1 is 1.04 bits per heavy atom. The minimum Gasteiger partial charge on any atom is -0.356 e. The summed E-state index contributed by atoms with van der Waals surface area (Å²) < 4.78 is 0. The van der Waals surface area contributed by atoms with Crippen LogP contribution in [0.1, 0.15) is 51.4 Å². The zero-order valence-corrected chi connectivity index (χ0v) is 17.7. The quantitative estimate of drug-likeness (QED) is 0.666. The predicted molar refractivity (Wildman–Crippen MR) is 117 cm³/mol. The lowest BCUT2D eigenvalue weighted by Gasteiger charge is -2.28. The molecule has 1 aromatic carbocycles. The Morgan fingerprint density at radius 3 is 2.54 bits per heavy atom. The second-order valence-electron chi connectivity index (χ2n) is 7.58. The molecule has 0 radical (unpaired) electrons. The number of rotatable bonds is 3. The van der Waals surface area contributed by atoms with Gasteiger partial charge in [-0.15, -0.1) is 11.3 Å². The Hall–Kier alpha value is -2.47. The highest BCUT2D eigenvalue weighted by molar-refractivity contribution is 7.20. The van der Waals surface area contributed by atoms with E-state index in [1.165, 1.54) is 36.2 Å². The van der Waals surface area contributed by atoms with Crippen LogP contribution < -0.4 is 10.2 Å².